The van der Waals surface area contributed by atoms with Crippen LogP contribution in [0.15, 0.2) is 0 Å². The number of nitrogens with zero attached hydrogens (tertiary/aromatic N) is 4. The molecule has 1 N–H and O–H groups in total. The van der Waals surface area contributed by atoms with Crippen LogP contribution in [0.3, 0.4) is 0 Å². The van der Waals surface area contributed by atoms with E-state index in [1.54, 1.807) is 0 Å². The van der Waals surface area contributed by atoms with Crippen LogP contribution < -0.4 is 5.32 Å². The minimum absolute atomic E-state index is 0.0990. The van der Waals surface area contributed by atoms with Crippen LogP contribution in [0.25, 0.3) is 0 Å². The fourth-order valence-electron chi connectivity index (χ4n) is 7.33. The number of Topliss-reactive ketones (excluding diaryl/α,β-unsaturated/α-hetero) is 1. The van der Waals surface area contributed by atoms with E-state index in [1.807, 2.05) is 21.6 Å². The summed E-state index contributed by atoms with van der Waals surface area (Å²) in [6.07, 6.45) is 6.56. The number of rotatable bonds is 13. The first-order valence-electron chi connectivity index (χ1n) is 13.2. The molecule has 4 aliphatic heterocycles. The molecule has 4 heterocycles. The van der Waals surface area contributed by atoms with E-state index < -0.39 is 0 Å². The van der Waals surface area contributed by atoms with Gasteiger partial charge in [0.15, 0.2) is 0 Å². The maximum atomic E-state index is 12.8. The van der Waals surface area contributed by atoms with Crippen LogP contribution >= 0.6 is 21.6 Å². The van der Waals surface area contributed by atoms with Crippen molar-refractivity contribution in [3.05, 3.63) is 0 Å². The second-order valence-electron chi connectivity index (χ2n) is 10.6. The third kappa shape index (κ3) is 4.87. The van der Waals surface area contributed by atoms with Crippen molar-refractivity contribution in [1.82, 2.24) is 15.1 Å². The molecule has 188 valence electrons. The predicted octanol–water partition coefficient (Wildman–Crippen LogP) is 2.34. The predicted molar refractivity (Wildman–Crippen MR) is 138 cm³/mol. The van der Waals surface area contributed by atoms with E-state index in [0.717, 1.165) is 52.8 Å². The average molecular weight is 500 g/mol. The first-order chi connectivity index (χ1) is 16.0. The van der Waals surface area contributed by atoms with Gasteiger partial charge in [0.2, 0.25) is 5.91 Å². The maximum absolute atomic E-state index is 12.8. The normalized spacial score (nSPS) is 33.6. The number of nitrogens with one attached hydrogen (secondary N) is 1. The molecule has 3 unspecified atom stereocenters. The summed E-state index contributed by atoms with van der Waals surface area (Å²) >= 11 is 0. The van der Waals surface area contributed by atoms with E-state index in [9.17, 15) is 9.59 Å². The zero-order chi connectivity index (χ0) is 23.4. The van der Waals surface area contributed by atoms with Gasteiger partial charge in [-0.2, -0.15) is 9.80 Å². The highest BCUT2D eigenvalue weighted by Gasteiger charge is 2.78. The Hall–Kier alpha value is -0.320. The molecular weight excluding hydrogens is 454 g/mol. The summed E-state index contributed by atoms with van der Waals surface area (Å²) < 4.78 is 2.27. The summed E-state index contributed by atoms with van der Waals surface area (Å²) in [5.41, 5.74) is 0. The fourth-order valence-corrected chi connectivity index (χ4v) is 9.32. The molecule has 9 heteroatoms. The number of hydrogen-bond donors (Lipinski definition) is 1. The van der Waals surface area contributed by atoms with Crippen LogP contribution in [0, 0.1) is 0 Å². The van der Waals surface area contributed by atoms with Gasteiger partial charge >= 0.3 is 5.91 Å². The van der Waals surface area contributed by atoms with Gasteiger partial charge in [0, 0.05) is 56.8 Å². The second kappa shape index (κ2) is 11.2. The highest BCUT2D eigenvalue weighted by molar-refractivity contribution is 8.76. The topological polar surface area (TPSA) is 52.7 Å². The van der Waals surface area contributed by atoms with E-state index in [1.165, 1.54) is 65.2 Å². The van der Waals surface area contributed by atoms with Crippen LogP contribution in [0.4, 0.5) is 0 Å². The Morgan fingerprint density at radius 1 is 0.909 bits per heavy atom. The fraction of sp³-hybridized carbons (Fsp3) is 0.917. The van der Waals surface area contributed by atoms with Crippen molar-refractivity contribution in [3.63, 3.8) is 0 Å². The Balaban J connectivity index is 1.20. The van der Waals surface area contributed by atoms with Gasteiger partial charge in [-0.1, -0.05) is 28.5 Å². The van der Waals surface area contributed by atoms with Crippen molar-refractivity contribution >= 4 is 33.3 Å². The Kier molecular flexibility index (Phi) is 8.72. The molecule has 0 aliphatic carbocycles. The summed E-state index contributed by atoms with van der Waals surface area (Å²) in [5.74, 6) is 2.65. The van der Waals surface area contributed by atoms with Gasteiger partial charge in [-0.15, -0.1) is 0 Å². The first-order valence-corrected chi connectivity index (χ1v) is 15.7. The summed E-state index contributed by atoms with van der Waals surface area (Å²) in [7, 11) is 6.13. The van der Waals surface area contributed by atoms with Crippen LogP contribution in [-0.4, -0.2) is 120 Å². The Labute approximate surface area is 208 Å². The minimum atomic E-state index is 0.0990. The quantitative estimate of drug-likeness (QED) is 0.239. The van der Waals surface area contributed by atoms with Gasteiger partial charge < -0.3 is 5.32 Å². The van der Waals surface area contributed by atoms with Crippen molar-refractivity contribution in [2.45, 2.75) is 57.8 Å². The first kappa shape index (κ1) is 25.8. The molecule has 33 heavy (non-hydrogen) atoms. The molecule has 4 rings (SSSR count). The number of ketones is 1. The minimum Gasteiger partial charge on any atom is -0.355 e. The second-order valence-corrected chi connectivity index (χ2v) is 13.3. The van der Waals surface area contributed by atoms with Gasteiger partial charge in [0.05, 0.1) is 59.3 Å². The lowest BCUT2D eigenvalue weighted by atomic mass is 10.1. The van der Waals surface area contributed by atoms with E-state index in [0.29, 0.717) is 18.6 Å². The van der Waals surface area contributed by atoms with Crippen LogP contribution in [0.1, 0.15) is 51.9 Å². The molecule has 4 aliphatic rings. The number of carbonyl (C=O) groups excluding carboxylic acids is 2. The van der Waals surface area contributed by atoms with Gasteiger partial charge in [0.25, 0.3) is 0 Å². The molecule has 7 nitrogen and oxygen atoms in total. The molecule has 0 aromatic rings. The monoisotopic (exact) mass is 499 g/mol. The highest BCUT2D eigenvalue weighted by Crippen LogP contribution is 2.51. The molecule has 4 saturated heterocycles. The lowest BCUT2D eigenvalue weighted by molar-refractivity contribution is -1.17. The standard InChI is InChI=1S/C24H44N5O2S2/c1-3-7-22(30)8-4-20-32-33-21-10-25-23(31)9-17-29-16-6-12-26-13-18-28(2)15-5-11-27(14-19-29)24(26,28)29/h3-21H2,1-2H3/q+1/p+1. The lowest BCUT2D eigenvalue weighted by Gasteiger charge is -2.61. The van der Waals surface area contributed by atoms with Crippen LogP contribution in [-0.2, 0) is 9.59 Å². The molecule has 0 aromatic heterocycles. The molecule has 3 atom stereocenters. The number of carbonyl (C=O) groups is 2. The zero-order valence-corrected chi connectivity index (χ0v) is 22.5. The van der Waals surface area contributed by atoms with Crippen LogP contribution in [0.2, 0.25) is 0 Å². The number of hydrogen-bond acceptors (Lipinski definition) is 6. The maximum Gasteiger partial charge on any atom is 0.356 e. The Morgan fingerprint density at radius 3 is 2.42 bits per heavy atom. The van der Waals surface area contributed by atoms with Crippen molar-refractivity contribution in [2.75, 3.05) is 84.0 Å². The Morgan fingerprint density at radius 2 is 1.64 bits per heavy atom. The molecule has 0 aromatic carbocycles. The van der Waals surface area contributed by atoms with Gasteiger partial charge in [-0.3, -0.25) is 9.59 Å². The smallest absolute Gasteiger partial charge is 0.355 e. The summed E-state index contributed by atoms with van der Waals surface area (Å²) in [4.78, 5) is 29.9. The SMILES string of the molecule is CCCC(=O)CCCSSCCNC(=O)CC[N+]12CCCN3CC[N+]4(C)CCCN(CC1)C342. The number of quaternary nitrogens is 2. The third-order valence-corrected chi connectivity index (χ3v) is 11.0. The number of amides is 1. The van der Waals surface area contributed by atoms with Crippen LogP contribution in [0.5, 0.6) is 0 Å². The van der Waals surface area contributed by atoms with Gasteiger partial charge in [0.1, 0.15) is 5.78 Å². The molecule has 0 bridgehead atoms. The lowest BCUT2D eigenvalue weighted by Crippen LogP contribution is -2.85. The Bertz CT molecular complexity index is 706. The van der Waals surface area contributed by atoms with E-state index >= 15 is 0 Å². The average Bonchev–Trinajstić information content (AvgIpc) is 3.32. The molecule has 1 amide bonds. The van der Waals surface area contributed by atoms with Gasteiger partial charge in [-0.05, 0) is 12.8 Å². The van der Waals surface area contributed by atoms with E-state index in [4.69, 9.17) is 0 Å². The van der Waals surface area contributed by atoms with E-state index in [2.05, 4.69) is 29.1 Å². The highest BCUT2D eigenvalue weighted by atomic mass is 33.1. The molecule has 4 fully saturated rings. The van der Waals surface area contributed by atoms with E-state index in [-0.39, 0.29) is 11.8 Å². The number of likely N-dealkylation sites (N-methyl/N-ethyl adjacent to an activating group) is 1. The summed E-state index contributed by atoms with van der Waals surface area (Å²) in [5, 5.41) is 3.17. The van der Waals surface area contributed by atoms with Crippen molar-refractivity contribution in [2.24, 2.45) is 0 Å². The molecule has 1 spiro atoms. The molecule has 0 saturated carbocycles. The van der Waals surface area contributed by atoms with Crippen molar-refractivity contribution < 1.29 is 18.6 Å². The molecular formula is C24H45N5O2S2+2. The van der Waals surface area contributed by atoms with Crippen molar-refractivity contribution in [1.29, 1.82) is 0 Å². The summed E-state index contributed by atoms with van der Waals surface area (Å²) in [6, 6.07) is 0. The summed E-state index contributed by atoms with van der Waals surface area (Å²) in [6.45, 7) is 13.6. The van der Waals surface area contributed by atoms with Crippen molar-refractivity contribution in [3.8, 4) is 0 Å². The van der Waals surface area contributed by atoms with Gasteiger partial charge in [-0.25, -0.2) is 8.97 Å². The molecule has 0 radical (unpaired) electrons. The largest absolute Gasteiger partial charge is 0.356 e. The zero-order valence-electron chi connectivity index (χ0n) is 20.9. The third-order valence-electron chi connectivity index (χ3n) is 8.53.